The summed E-state index contributed by atoms with van der Waals surface area (Å²) < 4.78 is 32.3. The molecule has 1 aromatic carbocycles. The van der Waals surface area contributed by atoms with Gasteiger partial charge < -0.3 is 10.5 Å². The molecule has 2 nitrogen and oxygen atoms in total. The smallest absolute Gasteiger partial charge is 0.248 e. The fraction of sp³-hybridized carbons (Fsp3) is 0.625. The van der Waals surface area contributed by atoms with Crippen LogP contribution in [-0.4, -0.2) is 18.6 Å². The van der Waals surface area contributed by atoms with E-state index >= 15 is 0 Å². The van der Waals surface area contributed by atoms with Crippen molar-refractivity contribution in [3.05, 3.63) is 29.8 Å². The Labute approximate surface area is 119 Å². The molecule has 4 heteroatoms. The summed E-state index contributed by atoms with van der Waals surface area (Å²) in [7, 11) is 0. The number of halogens is 2. The quantitative estimate of drug-likeness (QED) is 0.910. The molecule has 0 aromatic heterocycles. The zero-order valence-corrected chi connectivity index (χ0v) is 12.2. The average Bonchev–Trinajstić information content (AvgIpc) is 2.40. The van der Waals surface area contributed by atoms with Gasteiger partial charge in [-0.3, -0.25) is 0 Å². The van der Waals surface area contributed by atoms with Crippen LogP contribution in [0.5, 0.6) is 5.75 Å². The molecule has 1 aromatic rings. The summed E-state index contributed by atoms with van der Waals surface area (Å²) in [4.78, 5) is 0. The summed E-state index contributed by atoms with van der Waals surface area (Å²) in [6, 6.07) is 7.74. The fourth-order valence-electron chi connectivity index (χ4n) is 2.86. The van der Waals surface area contributed by atoms with Crippen LogP contribution in [-0.2, 0) is 5.41 Å². The minimum atomic E-state index is -2.53. The minimum absolute atomic E-state index is 0.0750. The van der Waals surface area contributed by atoms with E-state index in [1.807, 2.05) is 38.1 Å². The normalized spacial score (nSPS) is 20.9. The SMILES string of the molecule is CC(C)Oc1ccc(C2(CN)CCC(F)(F)CC2)cc1. The minimum Gasteiger partial charge on any atom is -0.491 e. The molecule has 0 bridgehead atoms. The first-order valence-electron chi connectivity index (χ1n) is 7.22. The molecular weight excluding hydrogens is 260 g/mol. The molecule has 0 amide bonds. The number of rotatable bonds is 4. The van der Waals surface area contributed by atoms with Crippen molar-refractivity contribution in [3.63, 3.8) is 0 Å². The Morgan fingerprint density at radius 1 is 1.10 bits per heavy atom. The van der Waals surface area contributed by atoms with Gasteiger partial charge in [-0.1, -0.05) is 12.1 Å². The second-order valence-electron chi connectivity index (χ2n) is 6.03. The van der Waals surface area contributed by atoms with Gasteiger partial charge in [-0.2, -0.15) is 0 Å². The van der Waals surface area contributed by atoms with Crippen molar-refractivity contribution < 1.29 is 13.5 Å². The molecule has 2 N–H and O–H groups in total. The Balaban J connectivity index is 2.16. The summed E-state index contributed by atoms with van der Waals surface area (Å²) in [5.41, 5.74) is 6.64. The largest absolute Gasteiger partial charge is 0.491 e. The zero-order valence-electron chi connectivity index (χ0n) is 12.2. The van der Waals surface area contributed by atoms with Crippen LogP contribution in [0, 0.1) is 0 Å². The van der Waals surface area contributed by atoms with Gasteiger partial charge in [0.05, 0.1) is 6.10 Å². The molecule has 2 rings (SSSR count). The first-order valence-corrected chi connectivity index (χ1v) is 7.22. The van der Waals surface area contributed by atoms with E-state index in [4.69, 9.17) is 10.5 Å². The second kappa shape index (κ2) is 5.68. The highest BCUT2D eigenvalue weighted by Crippen LogP contribution is 2.45. The lowest BCUT2D eigenvalue weighted by molar-refractivity contribution is -0.0509. The molecule has 0 spiro atoms. The Morgan fingerprint density at radius 2 is 1.65 bits per heavy atom. The lowest BCUT2D eigenvalue weighted by Crippen LogP contribution is -2.42. The van der Waals surface area contributed by atoms with Gasteiger partial charge in [0, 0.05) is 24.8 Å². The van der Waals surface area contributed by atoms with Gasteiger partial charge >= 0.3 is 0 Å². The second-order valence-corrected chi connectivity index (χ2v) is 6.03. The molecule has 20 heavy (non-hydrogen) atoms. The summed E-state index contributed by atoms with van der Waals surface area (Å²) in [6.07, 6.45) is 0.864. The van der Waals surface area contributed by atoms with Gasteiger partial charge in [0.1, 0.15) is 5.75 Å². The van der Waals surface area contributed by atoms with Crippen molar-refractivity contribution >= 4 is 0 Å². The number of alkyl halides is 2. The van der Waals surface area contributed by atoms with Crippen molar-refractivity contribution in [3.8, 4) is 5.75 Å². The van der Waals surface area contributed by atoms with Crippen molar-refractivity contribution in [2.45, 2.75) is 57.0 Å². The molecule has 0 aliphatic heterocycles. The van der Waals surface area contributed by atoms with E-state index < -0.39 is 5.92 Å². The van der Waals surface area contributed by atoms with Crippen LogP contribution in [0.1, 0.15) is 45.1 Å². The molecule has 0 atom stereocenters. The summed E-state index contributed by atoms with van der Waals surface area (Å²) >= 11 is 0. The molecule has 0 unspecified atom stereocenters. The summed E-state index contributed by atoms with van der Waals surface area (Å²) in [5.74, 6) is -1.73. The van der Waals surface area contributed by atoms with Gasteiger partial charge in [-0.15, -0.1) is 0 Å². The number of hydrogen-bond donors (Lipinski definition) is 1. The lowest BCUT2D eigenvalue weighted by atomic mass is 9.68. The maximum Gasteiger partial charge on any atom is 0.248 e. The molecule has 112 valence electrons. The van der Waals surface area contributed by atoms with Gasteiger partial charge in [-0.25, -0.2) is 8.78 Å². The van der Waals surface area contributed by atoms with Crippen LogP contribution >= 0.6 is 0 Å². The molecule has 0 heterocycles. The molecule has 0 radical (unpaired) electrons. The molecule has 1 aliphatic rings. The highest BCUT2D eigenvalue weighted by molar-refractivity contribution is 5.33. The van der Waals surface area contributed by atoms with Crippen molar-refractivity contribution in [1.29, 1.82) is 0 Å². The summed E-state index contributed by atoms with van der Waals surface area (Å²) in [6.45, 7) is 4.35. The zero-order chi connectivity index (χ0) is 14.8. The number of benzene rings is 1. The number of hydrogen-bond acceptors (Lipinski definition) is 2. The molecule has 1 saturated carbocycles. The van der Waals surface area contributed by atoms with E-state index in [2.05, 4.69) is 0 Å². The van der Waals surface area contributed by atoms with E-state index in [0.717, 1.165) is 11.3 Å². The van der Waals surface area contributed by atoms with Crippen LogP contribution < -0.4 is 10.5 Å². The highest BCUT2D eigenvalue weighted by Gasteiger charge is 2.43. The van der Waals surface area contributed by atoms with Gasteiger partial charge in [0.25, 0.3) is 0 Å². The van der Waals surface area contributed by atoms with Gasteiger partial charge in [0.2, 0.25) is 5.92 Å². The molecule has 0 saturated heterocycles. The fourth-order valence-corrected chi connectivity index (χ4v) is 2.86. The van der Waals surface area contributed by atoms with E-state index in [-0.39, 0.29) is 24.4 Å². The Hall–Kier alpha value is -1.16. The molecular formula is C16H23F2NO. The molecule has 1 fully saturated rings. The highest BCUT2D eigenvalue weighted by atomic mass is 19.3. The van der Waals surface area contributed by atoms with Crippen LogP contribution in [0.25, 0.3) is 0 Å². The maximum absolute atomic E-state index is 13.3. The monoisotopic (exact) mass is 283 g/mol. The van der Waals surface area contributed by atoms with Crippen molar-refractivity contribution in [2.75, 3.05) is 6.54 Å². The van der Waals surface area contributed by atoms with E-state index in [0.29, 0.717) is 19.4 Å². The predicted octanol–water partition coefficient (Wildman–Crippen LogP) is 3.88. The Bertz CT molecular complexity index is 432. The predicted molar refractivity (Wildman–Crippen MR) is 76.4 cm³/mol. The Morgan fingerprint density at radius 3 is 2.10 bits per heavy atom. The van der Waals surface area contributed by atoms with Gasteiger partial charge in [-0.05, 0) is 44.4 Å². The van der Waals surface area contributed by atoms with Crippen molar-refractivity contribution in [2.24, 2.45) is 5.73 Å². The number of nitrogens with two attached hydrogens (primary N) is 1. The average molecular weight is 283 g/mol. The van der Waals surface area contributed by atoms with Gasteiger partial charge in [0.15, 0.2) is 0 Å². The van der Waals surface area contributed by atoms with E-state index in [1.165, 1.54) is 0 Å². The van der Waals surface area contributed by atoms with Crippen LogP contribution in [0.15, 0.2) is 24.3 Å². The summed E-state index contributed by atoms with van der Waals surface area (Å²) in [5, 5.41) is 0. The van der Waals surface area contributed by atoms with Crippen LogP contribution in [0.3, 0.4) is 0 Å². The first kappa shape index (κ1) is 15.2. The van der Waals surface area contributed by atoms with E-state index in [9.17, 15) is 8.78 Å². The maximum atomic E-state index is 13.3. The lowest BCUT2D eigenvalue weighted by Gasteiger charge is -2.39. The van der Waals surface area contributed by atoms with Crippen molar-refractivity contribution in [1.82, 2.24) is 0 Å². The van der Waals surface area contributed by atoms with Crippen LogP contribution in [0.2, 0.25) is 0 Å². The standard InChI is InChI=1S/C16H23F2NO/c1-12(2)20-14-5-3-13(4-6-14)15(11-19)7-9-16(17,18)10-8-15/h3-6,12H,7-11,19H2,1-2H3. The van der Waals surface area contributed by atoms with Crippen LogP contribution in [0.4, 0.5) is 8.78 Å². The number of ether oxygens (including phenoxy) is 1. The third kappa shape index (κ3) is 3.29. The third-order valence-electron chi connectivity index (χ3n) is 4.17. The molecule has 1 aliphatic carbocycles. The third-order valence-corrected chi connectivity index (χ3v) is 4.17. The topological polar surface area (TPSA) is 35.2 Å². The first-order chi connectivity index (χ1) is 9.37. The Kier molecular flexibility index (Phi) is 4.33. The van der Waals surface area contributed by atoms with E-state index in [1.54, 1.807) is 0 Å².